The number of carbonyl (C=O) groups excluding carboxylic acids is 1. The molecule has 1 amide bonds. The smallest absolute Gasteiger partial charge is 0.411 e. The highest BCUT2D eigenvalue weighted by atomic mass is 16.5. The molecule has 6 nitrogen and oxygen atoms in total. The van der Waals surface area contributed by atoms with Crippen molar-refractivity contribution in [3.05, 3.63) is 48.0 Å². The fourth-order valence-corrected chi connectivity index (χ4v) is 4.11. The minimum atomic E-state index is -0.475. The number of nitrogens with zero attached hydrogens (tertiary/aromatic N) is 2. The number of carbonyl (C=O) groups is 1. The number of aromatic nitrogens is 1. The zero-order valence-corrected chi connectivity index (χ0v) is 18.9. The number of benzene rings is 2. The lowest BCUT2D eigenvalue weighted by atomic mass is 9.92. The van der Waals surface area contributed by atoms with Crippen LogP contribution in [0.3, 0.4) is 0 Å². The average Bonchev–Trinajstić information content (AvgIpc) is 3.05. The normalized spacial score (nSPS) is 13.6. The van der Waals surface area contributed by atoms with E-state index in [9.17, 15) is 10.1 Å². The lowest BCUT2D eigenvalue weighted by Gasteiger charge is -2.30. The van der Waals surface area contributed by atoms with Crippen molar-refractivity contribution in [1.29, 1.82) is 5.26 Å². The fourth-order valence-electron chi connectivity index (χ4n) is 4.11. The Balaban J connectivity index is 1.78. The van der Waals surface area contributed by atoms with Crippen molar-refractivity contribution in [1.82, 2.24) is 4.57 Å². The summed E-state index contributed by atoms with van der Waals surface area (Å²) in [7, 11) is 0. The molecular weight excluding hydrogens is 402 g/mol. The van der Waals surface area contributed by atoms with Crippen LogP contribution in [-0.2, 0) is 4.74 Å². The molecule has 0 bridgehead atoms. The van der Waals surface area contributed by atoms with Crippen LogP contribution in [0, 0.1) is 17.2 Å². The van der Waals surface area contributed by atoms with Gasteiger partial charge in [0.25, 0.3) is 0 Å². The third kappa shape index (κ3) is 4.29. The van der Waals surface area contributed by atoms with E-state index in [-0.39, 0.29) is 5.92 Å². The summed E-state index contributed by atoms with van der Waals surface area (Å²) in [5.74, 6) is 1.07. The van der Waals surface area contributed by atoms with Gasteiger partial charge in [-0.2, -0.15) is 5.26 Å². The number of hydrogen-bond donors (Lipinski definition) is 1. The van der Waals surface area contributed by atoms with Crippen LogP contribution in [0.25, 0.3) is 22.2 Å². The minimum absolute atomic E-state index is 0.269. The monoisotopic (exact) mass is 431 g/mol. The molecule has 166 valence electrons. The van der Waals surface area contributed by atoms with Crippen molar-refractivity contribution in [2.45, 2.75) is 46.1 Å². The van der Waals surface area contributed by atoms with Gasteiger partial charge in [-0.25, -0.2) is 4.79 Å². The first-order valence-electron chi connectivity index (χ1n) is 11.3. The second-order valence-corrected chi connectivity index (χ2v) is 8.60. The quantitative estimate of drug-likeness (QED) is 0.463. The van der Waals surface area contributed by atoms with Crippen molar-refractivity contribution < 1.29 is 14.3 Å². The van der Waals surface area contributed by atoms with Gasteiger partial charge in [0.05, 0.1) is 30.0 Å². The molecule has 0 atom stereocenters. The zero-order chi connectivity index (χ0) is 22.7. The van der Waals surface area contributed by atoms with Gasteiger partial charge in [0.2, 0.25) is 0 Å². The molecule has 4 rings (SSSR count). The zero-order valence-electron chi connectivity index (χ0n) is 18.9. The lowest BCUT2D eigenvalue weighted by Crippen LogP contribution is -2.18. The molecule has 1 aliphatic carbocycles. The van der Waals surface area contributed by atoms with E-state index >= 15 is 0 Å². The minimum Gasteiger partial charge on any atom is -0.494 e. The van der Waals surface area contributed by atoms with Gasteiger partial charge in [0.1, 0.15) is 11.8 Å². The Morgan fingerprint density at radius 2 is 2.06 bits per heavy atom. The summed E-state index contributed by atoms with van der Waals surface area (Å²) in [6.45, 7) is 6.91. The Bertz CT molecular complexity index is 1170. The Labute approximate surface area is 188 Å². The standard InChI is InChI=1S/C26H29N3O3/c1-4-31-21-11-12-22-23(15-27)25(29(24(22)14-21)20-9-6-10-20)18-7-5-8-19(13-18)28-26(30)32-16-17(2)3/h5,7-8,11-14,17,20H,4,6,9-10,16H2,1-3H3,(H,28,30). The van der Waals surface area contributed by atoms with Gasteiger partial charge in [-0.3, -0.25) is 5.32 Å². The highest BCUT2D eigenvalue weighted by Gasteiger charge is 2.28. The highest BCUT2D eigenvalue weighted by molar-refractivity contribution is 5.96. The van der Waals surface area contributed by atoms with Crippen LogP contribution in [0.2, 0.25) is 0 Å². The predicted octanol–water partition coefficient (Wildman–Crippen LogP) is 6.51. The Hall–Kier alpha value is -3.46. The topological polar surface area (TPSA) is 76.3 Å². The van der Waals surface area contributed by atoms with E-state index in [2.05, 4.69) is 16.0 Å². The second kappa shape index (κ2) is 9.35. The van der Waals surface area contributed by atoms with E-state index in [1.807, 2.05) is 63.2 Å². The number of nitriles is 1. The van der Waals surface area contributed by atoms with Crippen LogP contribution in [0.15, 0.2) is 42.5 Å². The Morgan fingerprint density at radius 3 is 2.72 bits per heavy atom. The maximum Gasteiger partial charge on any atom is 0.411 e. The average molecular weight is 432 g/mol. The molecule has 1 N–H and O–H groups in total. The summed E-state index contributed by atoms with van der Waals surface area (Å²) in [4.78, 5) is 12.2. The number of nitrogens with one attached hydrogen (secondary N) is 1. The summed E-state index contributed by atoms with van der Waals surface area (Å²) < 4.78 is 13.3. The third-order valence-electron chi connectivity index (χ3n) is 5.77. The van der Waals surface area contributed by atoms with Gasteiger partial charge >= 0.3 is 6.09 Å². The Kier molecular flexibility index (Phi) is 6.36. The van der Waals surface area contributed by atoms with Gasteiger partial charge in [0, 0.05) is 28.7 Å². The summed E-state index contributed by atoms with van der Waals surface area (Å²) >= 11 is 0. The molecule has 0 saturated heterocycles. The maximum atomic E-state index is 12.2. The summed E-state index contributed by atoms with van der Waals surface area (Å²) in [6, 6.07) is 16.3. The van der Waals surface area contributed by atoms with E-state index < -0.39 is 6.09 Å². The van der Waals surface area contributed by atoms with E-state index in [1.54, 1.807) is 0 Å². The molecule has 6 heteroatoms. The molecule has 1 heterocycles. The van der Waals surface area contributed by atoms with Crippen LogP contribution in [0.1, 0.15) is 51.6 Å². The van der Waals surface area contributed by atoms with Crippen molar-refractivity contribution in [3.63, 3.8) is 0 Å². The van der Waals surface area contributed by atoms with Gasteiger partial charge in [-0.1, -0.05) is 26.0 Å². The molecular formula is C26H29N3O3. The van der Waals surface area contributed by atoms with Crippen molar-refractivity contribution in [3.8, 4) is 23.1 Å². The molecule has 1 fully saturated rings. The molecule has 0 spiro atoms. The van der Waals surface area contributed by atoms with E-state index in [4.69, 9.17) is 9.47 Å². The SMILES string of the molecule is CCOc1ccc2c(C#N)c(-c3cccc(NC(=O)OCC(C)C)c3)n(C3CCC3)c2c1. The van der Waals surface area contributed by atoms with Crippen LogP contribution >= 0.6 is 0 Å². The molecule has 0 unspecified atom stereocenters. The van der Waals surface area contributed by atoms with Crippen molar-refractivity contribution >= 4 is 22.7 Å². The first kappa shape index (κ1) is 21.8. The van der Waals surface area contributed by atoms with Crippen LogP contribution in [0.4, 0.5) is 10.5 Å². The fraction of sp³-hybridized carbons (Fsp3) is 0.385. The van der Waals surface area contributed by atoms with Gasteiger partial charge in [-0.05, 0) is 56.4 Å². The number of anilines is 1. The molecule has 32 heavy (non-hydrogen) atoms. The van der Waals surface area contributed by atoms with E-state index in [0.717, 1.165) is 40.8 Å². The summed E-state index contributed by atoms with van der Waals surface area (Å²) in [6.07, 6.45) is 2.87. The molecule has 3 aromatic rings. The molecule has 2 aromatic carbocycles. The number of hydrogen-bond acceptors (Lipinski definition) is 4. The first-order valence-corrected chi connectivity index (χ1v) is 11.3. The van der Waals surface area contributed by atoms with Gasteiger partial charge in [0.15, 0.2) is 0 Å². The highest BCUT2D eigenvalue weighted by Crippen LogP contribution is 2.43. The van der Waals surface area contributed by atoms with Gasteiger partial charge in [-0.15, -0.1) is 0 Å². The number of amides is 1. The van der Waals surface area contributed by atoms with Crippen LogP contribution in [-0.4, -0.2) is 23.9 Å². The molecule has 1 aromatic heterocycles. The second-order valence-electron chi connectivity index (χ2n) is 8.60. The maximum absolute atomic E-state index is 12.2. The van der Waals surface area contributed by atoms with Crippen molar-refractivity contribution in [2.75, 3.05) is 18.5 Å². The Morgan fingerprint density at radius 1 is 1.25 bits per heavy atom. The third-order valence-corrected chi connectivity index (χ3v) is 5.77. The molecule has 1 saturated carbocycles. The van der Waals surface area contributed by atoms with Gasteiger partial charge < -0.3 is 14.0 Å². The van der Waals surface area contributed by atoms with Crippen molar-refractivity contribution in [2.24, 2.45) is 5.92 Å². The first-order chi connectivity index (χ1) is 15.5. The number of rotatable bonds is 7. The molecule has 0 radical (unpaired) electrons. The molecule has 0 aliphatic heterocycles. The summed E-state index contributed by atoms with van der Waals surface area (Å²) in [5, 5.41) is 13.8. The van der Waals surface area contributed by atoms with E-state index in [0.29, 0.717) is 30.5 Å². The van der Waals surface area contributed by atoms with E-state index in [1.165, 1.54) is 6.42 Å². The van der Waals surface area contributed by atoms with Crippen LogP contribution in [0.5, 0.6) is 5.75 Å². The largest absolute Gasteiger partial charge is 0.494 e. The number of fused-ring (bicyclic) bond motifs is 1. The predicted molar refractivity (Wildman–Crippen MR) is 126 cm³/mol. The molecule has 1 aliphatic rings. The summed E-state index contributed by atoms with van der Waals surface area (Å²) in [5.41, 5.74) is 4.08. The number of ether oxygens (including phenoxy) is 2. The lowest BCUT2D eigenvalue weighted by molar-refractivity contribution is 0.147. The van der Waals surface area contributed by atoms with Crippen LogP contribution < -0.4 is 10.1 Å².